The molecule has 0 radical (unpaired) electrons. The number of fused-ring (bicyclic) bond motifs is 1. The van der Waals surface area contributed by atoms with Gasteiger partial charge < -0.3 is 14.8 Å². The maximum absolute atomic E-state index is 12.1. The van der Waals surface area contributed by atoms with Crippen LogP contribution in [0.5, 0.6) is 5.75 Å². The van der Waals surface area contributed by atoms with Gasteiger partial charge in [0, 0.05) is 25.0 Å². The summed E-state index contributed by atoms with van der Waals surface area (Å²) in [6, 6.07) is 8.77. The first-order chi connectivity index (χ1) is 12.2. The SMILES string of the molecule is COc1ccc(CN2CC[C@H]3[C@H](CO[C@@H]3CC(=O)NC3CC3)C2)cc1. The Morgan fingerprint density at radius 3 is 2.80 bits per heavy atom. The van der Waals surface area contributed by atoms with E-state index in [9.17, 15) is 4.79 Å². The summed E-state index contributed by atoms with van der Waals surface area (Å²) >= 11 is 0. The van der Waals surface area contributed by atoms with Crippen molar-refractivity contribution in [2.24, 2.45) is 11.8 Å². The monoisotopic (exact) mass is 344 g/mol. The first kappa shape index (κ1) is 16.9. The number of rotatable bonds is 6. The highest BCUT2D eigenvalue weighted by atomic mass is 16.5. The van der Waals surface area contributed by atoms with E-state index in [1.54, 1.807) is 7.11 Å². The number of benzene rings is 1. The molecule has 2 aliphatic heterocycles. The molecule has 2 saturated heterocycles. The number of piperidine rings is 1. The third-order valence-electron chi connectivity index (χ3n) is 5.77. The van der Waals surface area contributed by atoms with Crippen molar-refractivity contribution in [1.29, 1.82) is 0 Å². The van der Waals surface area contributed by atoms with Crippen molar-refractivity contribution in [3.8, 4) is 5.75 Å². The fraction of sp³-hybridized carbons (Fsp3) is 0.650. The molecule has 0 bridgehead atoms. The van der Waals surface area contributed by atoms with E-state index in [0.29, 0.717) is 24.3 Å². The summed E-state index contributed by atoms with van der Waals surface area (Å²) in [7, 11) is 1.70. The van der Waals surface area contributed by atoms with E-state index >= 15 is 0 Å². The van der Waals surface area contributed by atoms with Crippen LogP contribution < -0.4 is 10.1 Å². The van der Waals surface area contributed by atoms with Crippen molar-refractivity contribution in [3.05, 3.63) is 29.8 Å². The molecule has 0 unspecified atom stereocenters. The first-order valence-corrected chi connectivity index (χ1v) is 9.47. The van der Waals surface area contributed by atoms with Gasteiger partial charge >= 0.3 is 0 Å². The molecule has 3 atom stereocenters. The summed E-state index contributed by atoms with van der Waals surface area (Å²) < 4.78 is 11.2. The molecule has 136 valence electrons. The molecule has 1 N–H and O–H groups in total. The highest BCUT2D eigenvalue weighted by Crippen LogP contribution is 2.36. The Balaban J connectivity index is 1.27. The zero-order valence-corrected chi connectivity index (χ0v) is 14.9. The highest BCUT2D eigenvalue weighted by Gasteiger charge is 2.41. The van der Waals surface area contributed by atoms with Gasteiger partial charge in [-0.3, -0.25) is 9.69 Å². The van der Waals surface area contributed by atoms with Crippen LogP contribution in [0.25, 0.3) is 0 Å². The molecule has 5 nitrogen and oxygen atoms in total. The fourth-order valence-electron chi connectivity index (χ4n) is 4.20. The number of carbonyl (C=O) groups excluding carboxylic acids is 1. The average Bonchev–Trinajstić information content (AvgIpc) is 3.35. The highest BCUT2D eigenvalue weighted by molar-refractivity contribution is 5.77. The van der Waals surface area contributed by atoms with Gasteiger partial charge in [-0.05, 0) is 49.4 Å². The largest absolute Gasteiger partial charge is 0.497 e. The van der Waals surface area contributed by atoms with Crippen molar-refractivity contribution < 1.29 is 14.3 Å². The number of hydrogen-bond acceptors (Lipinski definition) is 4. The second-order valence-electron chi connectivity index (χ2n) is 7.71. The van der Waals surface area contributed by atoms with Gasteiger partial charge in [0.15, 0.2) is 0 Å². The zero-order valence-electron chi connectivity index (χ0n) is 14.9. The van der Waals surface area contributed by atoms with E-state index in [2.05, 4.69) is 22.3 Å². The lowest BCUT2D eigenvalue weighted by atomic mass is 9.83. The van der Waals surface area contributed by atoms with Crippen molar-refractivity contribution in [3.63, 3.8) is 0 Å². The summed E-state index contributed by atoms with van der Waals surface area (Å²) in [5.74, 6) is 2.18. The van der Waals surface area contributed by atoms with Crippen molar-refractivity contribution >= 4 is 5.91 Å². The number of methoxy groups -OCH3 is 1. The standard InChI is InChI=1S/C20H28N2O3/c1-24-17-6-2-14(3-7-17)11-22-9-8-18-15(12-22)13-25-19(18)10-20(23)21-16-4-5-16/h2-3,6-7,15-16,18-19H,4-5,8-13H2,1H3,(H,21,23)/t15-,18-,19+/m0/s1. The molecular weight excluding hydrogens is 316 g/mol. The van der Waals surface area contributed by atoms with E-state index < -0.39 is 0 Å². The second-order valence-corrected chi connectivity index (χ2v) is 7.71. The molecule has 1 saturated carbocycles. The average molecular weight is 344 g/mol. The number of amides is 1. The Hall–Kier alpha value is -1.59. The smallest absolute Gasteiger partial charge is 0.222 e. The quantitative estimate of drug-likeness (QED) is 0.860. The third kappa shape index (κ3) is 4.15. The number of carbonyl (C=O) groups is 1. The van der Waals surface area contributed by atoms with Gasteiger partial charge in [-0.2, -0.15) is 0 Å². The summed E-state index contributed by atoms with van der Waals surface area (Å²) in [6.45, 7) is 3.92. The molecule has 1 aromatic carbocycles. The predicted octanol–water partition coefficient (Wildman–Crippen LogP) is 2.20. The number of nitrogens with zero attached hydrogens (tertiary/aromatic N) is 1. The fourth-order valence-corrected chi connectivity index (χ4v) is 4.20. The Kier molecular flexibility index (Phi) is 4.95. The number of ether oxygens (including phenoxy) is 2. The van der Waals surface area contributed by atoms with E-state index in [1.807, 2.05) is 12.1 Å². The lowest BCUT2D eigenvalue weighted by Crippen LogP contribution is -2.42. The lowest BCUT2D eigenvalue weighted by molar-refractivity contribution is -0.123. The molecule has 1 amide bonds. The molecule has 1 aromatic rings. The van der Waals surface area contributed by atoms with Crippen molar-refractivity contribution in [2.75, 3.05) is 26.8 Å². The van der Waals surface area contributed by atoms with Gasteiger partial charge in [-0.1, -0.05) is 12.1 Å². The lowest BCUT2D eigenvalue weighted by Gasteiger charge is -2.35. The Labute approximate surface area is 149 Å². The molecule has 25 heavy (non-hydrogen) atoms. The van der Waals surface area contributed by atoms with Gasteiger partial charge in [-0.15, -0.1) is 0 Å². The summed E-state index contributed by atoms with van der Waals surface area (Å²) in [5, 5.41) is 3.09. The first-order valence-electron chi connectivity index (χ1n) is 9.47. The molecule has 0 spiro atoms. The van der Waals surface area contributed by atoms with Crippen LogP contribution in [0.4, 0.5) is 0 Å². The van der Waals surface area contributed by atoms with Crippen LogP contribution in [0.15, 0.2) is 24.3 Å². The minimum absolute atomic E-state index is 0.117. The summed E-state index contributed by atoms with van der Waals surface area (Å²) in [4.78, 5) is 14.6. The van der Waals surface area contributed by atoms with Crippen molar-refractivity contribution in [2.45, 2.75) is 44.4 Å². The summed E-state index contributed by atoms with van der Waals surface area (Å²) in [5.41, 5.74) is 1.32. The third-order valence-corrected chi connectivity index (χ3v) is 5.77. The van der Waals surface area contributed by atoms with E-state index in [-0.39, 0.29) is 12.0 Å². The minimum Gasteiger partial charge on any atom is -0.497 e. The van der Waals surface area contributed by atoms with Crippen LogP contribution in [0, 0.1) is 11.8 Å². The zero-order chi connectivity index (χ0) is 17.2. The second kappa shape index (κ2) is 7.34. The van der Waals surface area contributed by atoms with Crippen LogP contribution in [0.3, 0.4) is 0 Å². The summed E-state index contributed by atoms with van der Waals surface area (Å²) in [6.07, 6.45) is 4.07. The minimum atomic E-state index is 0.117. The molecule has 5 heteroatoms. The van der Waals surface area contributed by atoms with Crippen LogP contribution in [0.1, 0.15) is 31.2 Å². The van der Waals surface area contributed by atoms with Gasteiger partial charge in [0.05, 0.1) is 26.2 Å². The van der Waals surface area contributed by atoms with Crippen molar-refractivity contribution in [1.82, 2.24) is 10.2 Å². The number of hydrogen-bond donors (Lipinski definition) is 1. The Bertz CT molecular complexity index is 599. The Morgan fingerprint density at radius 1 is 1.28 bits per heavy atom. The van der Waals surface area contributed by atoms with Gasteiger partial charge in [0.25, 0.3) is 0 Å². The molecular formula is C20H28N2O3. The molecule has 1 aliphatic carbocycles. The van der Waals surface area contributed by atoms with Crippen LogP contribution >= 0.6 is 0 Å². The van der Waals surface area contributed by atoms with Gasteiger partial charge in [-0.25, -0.2) is 0 Å². The maximum Gasteiger partial charge on any atom is 0.222 e. The van der Waals surface area contributed by atoms with Gasteiger partial charge in [0.2, 0.25) is 5.91 Å². The molecule has 2 heterocycles. The Morgan fingerprint density at radius 2 is 2.08 bits per heavy atom. The van der Waals surface area contributed by atoms with Crippen LogP contribution in [-0.4, -0.2) is 49.8 Å². The maximum atomic E-state index is 12.1. The van der Waals surface area contributed by atoms with E-state index in [1.165, 1.54) is 5.56 Å². The predicted molar refractivity (Wildman–Crippen MR) is 95.4 cm³/mol. The topological polar surface area (TPSA) is 50.8 Å². The van der Waals surface area contributed by atoms with E-state index in [0.717, 1.165) is 51.3 Å². The van der Waals surface area contributed by atoms with Crippen LogP contribution in [0.2, 0.25) is 0 Å². The molecule has 0 aromatic heterocycles. The number of nitrogens with one attached hydrogen (secondary N) is 1. The molecule has 3 fully saturated rings. The number of likely N-dealkylation sites (tertiary alicyclic amines) is 1. The normalized spacial score (nSPS) is 29.2. The van der Waals surface area contributed by atoms with E-state index in [4.69, 9.17) is 9.47 Å². The molecule has 3 aliphatic rings. The van der Waals surface area contributed by atoms with Crippen LogP contribution in [-0.2, 0) is 16.1 Å². The molecule has 4 rings (SSSR count). The van der Waals surface area contributed by atoms with Gasteiger partial charge in [0.1, 0.15) is 5.75 Å².